The van der Waals surface area contributed by atoms with Crippen molar-refractivity contribution in [1.82, 2.24) is 4.90 Å². The number of nitriles is 1. The Bertz CT molecular complexity index is 594. The summed E-state index contributed by atoms with van der Waals surface area (Å²) in [5, 5.41) is 19.8. The summed E-state index contributed by atoms with van der Waals surface area (Å²) in [6.07, 6.45) is -3.27. The molecule has 0 aliphatic heterocycles. The number of aliphatic hydroxyl groups excluding tert-OH is 1. The van der Waals surface area contributed by atoms with E-state index in [2.05, 4.69) is 11.9 Å². The molecule has 1 aromatic rings. The largest absolute Gasteiger partial charge is 0.417 e. The molecule has 1 rings (SSSR count). The van der Waals surface area contributed by atoms with E-state index in [4.69, 9.17) is 10.4 Å². The van der Waals surface area contributed by atoms with Gasteiger partial charge in [-0.1, -0.05) is 6.08 Å². The van der Waals surface area contributed by atoms with E-state index in [9.17, 15) is 18.0 Å². The zero-order chi connectivity index (χ0) is 16.8. The second-order valence-electron chi connectivity index (χ2n) is 4.26. The first kappa shape index (κ1) is 17.5. The molecule has 0 unspecified atom stereocenters. The van der Waals surface area contributed by atoms with E-state index in [0.29, 0.717) is 6.07 Å². The molecule has 0 spiro atoms. The van der Waals surface area contributed by atoms with E-state index in [1.54, 1.807) is 0 Å². The molecule has 0 atom stereocenters. The number of nitrogens with zero attached hydrogens (tertiary/aromatic N) is 2. The van der Waals surface area contributed by atoms with Crippen molar-refractivity contribution in [2.45, 2.75) is 6.18 Å². The summed E-state index contributed by atoms with van der Waals surface area (Å²) >= 11 is 0. The minimum absolute atomic E-state index is 0.0141. The number of benzene rings is 1. The van der Waals surface area contributed by atoms with Crippen LogP contribution < -0.4 is 5.32 Å². The lowest BCUT2D eigenvalue weighted by molar-refractivity contribution is -0.137. The Kier molecular flexibility index (Phi) is 5.95. The molecule has 0 saturated carbocycles. The number of alkyl halides is 3. The summed E-state index contributed by atoms with van der Waals surface area (Å²) in [4.78, 5) is 13.1. The van der Waals surface area contributed by atoms with Gasteiger partial charge in [0.25, 0.3) is 0 Å². The van der Waals surface area contributed by atoms with Crippen molar-refractivity contribution in [3.8, 4) is 6.07 Å². The standard InChI is InChI=1S/C14H14F3N3O2/c1-2-5-20(6-7-21)13(22)19-11-4-3-10(9-18)12(8-11)14(15,16)17/h2-4,8,21H,1,5-7H2,(H,19,22). The Morgan fingerprint density at radius 2 is 2.18 bits per heavy atom. The third-order valence-corrected chi connectivity index (χ3v) is 2.70. The molecule has 2 N–H and O–H groups in total. The van der Waals surface area contributed by atoms with Gasteiger partial charge in [-0.25, -0.2) is 4.79 Å². The first-order chi connectivity index (χ1) is 10.3. The van der Waals surface area contributed by atoms with E-state index in [1.807, 2.05) is 0 Å². The first-order valence-electron chi connectivity index (χ1n) is 6.22. The second kappa shape index (κ2) is 7.47. The molecule has 1 aromatic carbocycles. The lowest BCUT2D eigenvalue weighted by Crippen LogP contribution is -2.37. The molecule has 5 nitrogen and oxygen atoms in total. The molecule has 22 heavy (non-hydrogen) atoms. The van der Waals surface area contributed by atoms with Gasteiger partial charge in [-0.15, -0.1) is 6.58 Å². The second-order valence-corrected chi connectivity index (χ2v) is 4.26. The smallest absolute Gasteiger partial charge is 0.395 e. The third kappa shape index (κ3) is 4.49. The summed E-state index contributed by atoms with van der Waals surface area (Å²) in [6, 6.07) is 3.67. The summed E-state index contributed by atoms with van der Waals surface area (Å²) < 4.78 is 38.5. The Labute approximate surface area is 125 Å². The van der Waals surface area contributed by atoms with E-state index in [0.717, 1.165) is 6.07 Å². The molecule has 0 radical (unpaired) electrons. The number of anilines is 1. The summed E-state index contributed by atoms with van der Waals surface area (Å²) in [7, 11) is 0. The zero-order valence-electron chi connectivity index (χ0n) is 11.5. The Balaban J connectivity index is 3.01. The number of urea groups is 1. The van der Waals surface area contributed by atoms with Crippen LogP contribution >= 0.6 is 0 Å². The molecule has 0 fully saturated rings. The van der Waals surface area contributed by atoms with Crippen molar-refractivity contribution in [2.75, 3.05) is 25.0 Å². The molecule has 0 aliphatic rings. The number of aliphatic hydroxyl groups is 1. The predicted octanol–water partition coefficient (Wildman–Crippen LogP) is 2.59. The lowest BCUT2D eigenvalue weighted by atomic mass is 10.1. The highest BCUT2D eigenvalue weighted by molar-refractivity contribution is 5.89. The van der Waals surface area contributed by atoms with Crippen molar-refractivity contribution in [3.63, 3.8) is 0 Å². The number of hydrogen-bond acceptors (Lipinski definition) is 3. The molecule has 0 heterocycles. The minimum atomic E-state index is -4.70. The fourth-order valence-corrected chi connectivity index (χ4v) is 1.71. The van der Waals surface area contributed by atoms with Crippen LogP contribution in [0.25, 0.3) is 0 Å². The topological polar surface area (TPSA) is 76.4 Å². The van der Waals surface area contributed by atoms with E-state index in [1.165, 1.54) is 23.1 Å². The Morgan fingerprint density at radius 1 is 1.50 bits per heavy atom. The SMILES string of the molecule is C=CCN(CCO)C(=O)Nc1ccc(C#N)c(C(F)(F)F)c1. The van der Waals surface area contributed by atoms with Gasteiger partial charge in [0, 0.05) is 18.8 Å². The van der Waals surface area contributed by atoms with E-state index < -0.39 is 23.3 Å². The number of rotatable bonds is 5. The highest BCUT2D eigenvalue weighted by Gasteiger charge is 2.34. The number of amides is 2. The molecular formula is C14H14F3N3O2. The fourth-order valence-electron chi connectivity index (χ4n) is 1.71. The number of nitrogens with one attached hydrogen (secondary N) is 1. The molecule has 2 amide bonds. The molecule has 0 bridgehead atoms. The van der Waals surface area contributed by atoms with Gasteiger partial charge in [0.1, 0.15) is 0 Å². The maximum absolute atomic E-state index is 12.8. The molecule has 0 aliphatic carbocycles. The van der Waals surface area contributed by atoms with Crippen molar-refractivity contribution >= 4 is 11.7 Å². The van der Waals surface area contributed by atoms with Crippen LogP contribution in [0.1, 0.15) is 11.1 Å². The molecule has 118 valence electrons. The molecular weight excluding hydrogens is 299 g/mol. The first-order valence-corrected chi connectivity index (χ1v) is 6.22. The number of hydrogen-bond donors (Lipinski definition) is 2. The highest BCUT2D eigenvalue weighted by Crippen LogP contribution is 2.33. The van der Waals surface area contributed by atoms with Gasteiger partial charge in [-0.3, -0.25) is 0 Å². The summed E-state index contributed by atoms with van der Waals surface area (Å²) in [5.41, 5.74) is -1.74. The van der Waals surface area contributed by atoms with Crippen LogP contribution in [0, 0.1) is 11.3 Å². The van der Waals surface area contributed by atoms with Gasteiger partial charge in [0.2, 0.25) is 0 Å². The van der Waals surface area contributed by atoms with Crippen LogP contribution in [-0.2, 0) is 6.18 Å². The zero-order valence-corrected chi connectivity index (χ0v) is 11.5. The molecule has 8 heteroatoms. The Morgan fingerprint density at radius 3 is 2.68 bits per heavy atom. The fraction of sp³-hybridized carbons (Fsp3) is 0.286. The monoisotopic (exact) mass is 313 g/mol. The molecule has 0 saturated heterocycles. The normalized spacial score (nSPS) is 10.7. The van der Waals surface area contributed by atoms with Crippen molar-refractivity contribution in [1.29, 1.82) is 5.26 Å². The van der Waals surface area contributed by atoms with Crippen molar-refractivity contribution in [2.24, 2.45) is 0 Å². The van der Waals surface area contributed by atoms with Gasteiger partial charge in [0.15, 0.2) is 0 Å². The van der Waals surface area contributed by atoms with Crippen molar-refractivity contribution < 1.29 is 23.1 Å². The number of carbonyl (C=O) groups excluding carboxylic acids is 1. The number of halogens is 3. The average Bonchev–Trinajstić information content (AvgIpc) is 2.46. The van der Waals surface area contributed by atoms with Crippen LogP contribution in [0.4, 0.5) is 23.7 Å². The highest BCUT2D eigenvalue weighted by atomic mass is 19.4. The van der Waals surface area contributed by atoms with E-state index >= 15 is 0 Å². The summed E-state index contributed by atoms with van der Waals surface area (Å²) in [6.45, 7) is 3.31. The van der Waals surface area contributed by atoms with Gasteiger partial charge in [0.05, 0.1) is 23.8 Å². The predicted molar refractivity (Wildman–Crippen MR) is 74.0 cm³/mol. The van der Waals surface area contributed by atoms with Crippen LogP contribution in [-0.4, -0.2) is 35.7 Å². The van der Waals surface area contributed by atoms with Gasteiger partial charge in [-0.2, -0.15) is 18.4 Å². The lowest BCUT2D eigenvalue weighted by Gasteiger charge is -2.21. The van der Waals surface area contributed by atoms with Crippen LogP contribution in [0.5, 0.6) is 0 Å². The quantitative estimate of drug-likeness (QED) is 0.820. The third-order valence-electron chi connectivity index (χ3n) is 2.70. The maximum Gasteiger partial charge on any atom is 0.417 e. The number of carbonyl (C=O) groups is 1. The van der Waals surface area contributed by atoms with Crippen LogP contribution in [0.15, 0.2) is 30.9 Å². The summed E-state index contributed by atoms with van der Waals surface area (Å²) in [5.74, 6) is 0. The van der Waals surface area contributed by atoms with Gasteiger partial charge >= 0.3 is 12.2 Å². The van der Waals surface area contributed by atoms with Crippen LogP contribution in [0.3, 0.4) is 0 Å². The van der Waals surface area contributed by atoms with Crippen LogP contribution in [0.2, 0.25) is 0 Å². The Hall–Kier alpha value is -2.53. The van der Waals surface area contributed by atoms with Gasteiger partial charge in [-0.05, 0) is 18.2 Å². The molecule has 0 aromatic heterocycles. The minimum Gasteiger partial charge on any atom is -0.395 e. The van der Waals surface area contributed by atoms with E-state index in [-0.39, 0.29) is 25.4 Å². The van der Waals surface area contributed by atoms with Gasteiger partial charge < -0.3 is 15.3 Å². The average molecular weight is 313 g/mol. The van der Waals surface area contributed by atoms with Crippen molar-refractivity contribution in [3.05, 3.63) is 42.0 Å². The maximum atomic E-state index is 12.8.